The molecule has 3 aromatic rings. The van der Waals surface area contributed by atoms with Crippen molar-refractivity contribution in [3.63, 3.8) is 0 Å². The zero-order chi connectivity index (χ0) is 28.6. The fourth-order valence-electron chi connectivity index (χ4n) is 5.89. The van der Waals surface area contributed by atoms with Crippen molar-refractivity contribution < 1.29 is 9.90 Å². The second-order valence-electron chi connectivity index (χ2n) is 11.1. The van der Waals surface area contributed by atoms with Crippen LogP contribution in [-0.2, 0) is 11.3 Å². The highest BCUT2D eigenvalue weighted by Crippen LogP contribution is 2.26. The van der Waals surface area contributed by atoms with Crippen molar-refractivity contribution in [2.75, 3.05) is 18.4 Å². The second kappa shape index (κ2) is 13.6. The molecule has 2 heterocycles. The molecule has 1 aliphatic rings. The summed E-state index contributed by atoms with van der Waals surface area (Å²) in [5.41, 5.74) is 9.32. The van der Waals surface area contributed by atoms with Gasteiger partial charge in [-0.15, -0.1) is 0 Å². The molecule has 8 heteroatoms. The number of hydrogen-bond acceptors (Lipinski definition) is 5. The van der Waals surface area contributed by atoms with E-state index < -0.39 is 5.97 Å². The van der Waals surface area contributed by atoms with E-state index in [1.54, 1.807) is 12.1 Å². The lowest BCUT2D eigenvalue weighted by Gasteiger charge is -2.39. The van der Waals surface area contributed by atoms with Crippen molar-refractivity contribution in [1.82, 2.24) is 9.47 Å². The Morgan fingerprint density at radius 2 is 1.77 bits per heavy atom. The van der Waals surface area contributed by atoms with Gasteiger partial charge in [0.25, 0.3) is 5.56 Å². The molecule has 4 rings (SSSR count). The lowest BCUT2D eigenvalue weighted by molar-refractivity contribution is -0.137. The first kappa shape index (κ1) is 29.3. The summed E-state index contributed by atoms with van der Waals surface area (Å²) in [6.07, 6.45) is 7.56. The van der Waals surface area contributed by atoms with Crippen LogP contribution in [0.15, 0.2) is 53.3 Å². The Bertz CT molecular complexity index is 1390. The number of nitrogen functional groups attached to an aromatic ring is 1. The van der Waals surface area contributed by atoms with Crippen molar-refractivity contribution >= 4 is 28.4 Å². The van der Waals surface area contributed by atoms with E-state index in [-0.39, 0.29) is 17.8 Å². The number of carboxylic acid groups (broad SMARTS) is 1. The minimum Gasteiger partial charge on any atom is -0.481 e. The van der Waals surface area contributed by atoms with Gasteiger partial charge in [-0.1, -0.05) is 37.1 Å². The van der Waals surface area contributed by atoms with Crippen LogP contribution in [0.2, 0.25) is 0 Å². The van der Waals surface area contributed by atoms with Crippen molar-refractivity contribution in [1.29, 1.82) is 5.41 Å². The van der Waals surface area contributed by atoms with E-state index in [1.807, 2.05) is 41.0 Å². The van der Waals surface area contributed by atoms with Crippen molar-refractivity contribution in [3.05, 3.63) is 64.4 Å². The van der Waals surface area contributed by atoms with Crippen LogP contribution in [-0.4, -0.2) is 51.6 Å². The number of aromatic nitrogens is 1. The molecule has 0 spiro atoms. The van der Waals surface area contributed by atoms with Crippen molar-refractivity contribution in [2.45, 2.75) is 83.8 Å². The zero-order valence-electron chi connectivity index (χ0n) is 23.8. The van der Waals surface area contributed by atoms with Gasteiger partial charge < -0.3 is 20.7 Å². The minimum absolute atomic E-state index is 0.0288. The van der Waals surface area contributed by atoms with Gasteiger partial charge in [-0.2, -0.15) is 0 Å². The Labute approximate surface area is 236 Å². The van der Waals surface area contributed by atoms with Gasteiger partial charge in [0.2, 0.25) is 0 Å². The van der Waals surface area contributed by atoms with Crippen LogP contribution >= 0.6 is 0 Å². The van der Waals surface area contributed by atoms with Gasteiger partial charge in [-0.25, -0.2) is 0 Å². The van der Waals surface area contributed by atoms with E-state index in [0.717, 1.165) is 48.0 Å². The van der Waals surface area contributed by atoms with E-state index in [2.05, 4.69) is 24.1 Å². The maximum Gasteiger partial charge on any atom is 0.303 e. The first-order valence-electron chi connectivity index (χ1n) is 14.6. The molecule has 40 heavy (non-hydrogen) atoms. The quantitative estimate of drug-likeness (QED) is 0.125. The molecular weight excluding hydrogens is 502 g/mol. The number of pyridine rings is 1. The normalized spacial score (nSPS) is 17.6. The molecule has 2 atom stereocenters. The number of nitrogens with two attached hydrogens (primary N) is 1. The molecule has 0 bridgehead atoms. The van der Waals surface area contributed by atoms with Gasteiger partial charge >= 0.3 is 5.97 Å². The molecule has 8 nitrogen and oxygen atoms in total. The van der Waals surface area contributed by atoms with Crippen molar-refractivity contribution in [3.8, 4) is 11.1 Å². The number of hydrogen-bond donors (Lipinski definition) is 4. The van der Waals surface area contributed by atoms with Gasteiger partial charge in [0, 0.05) is 48.4 Å². The fraction of sp³-hybridized carbons (Fsp3) is 0.469. The minimum atomic E-state index is -0.806. The Hall–Kier alpha value is -3.65. The maximum atomic E-state index is 13.9. The van der Waals surface area contributed by atoms with Crippen LogP contribution in [0.4, 0.5) is 5.69 Å². The van der Waals surface area contributed by atoms with Crippen LogP contribution in [0.3, 0.4) is 0 Å². The van der Waals surface area contributed by atoms with E-state index in [1.165, 1.54) is 19.3 Å². The highest BCUT2D eigenvalue weighted by atomic mass is 16.4. The Kier molecular flexibility index (Phi) is 9.98. The number of aliphatic carboxylic acids is 1. The molecule has 0 saturated carbocycles. The van der Waals surface area contributed by atoms with Crippen LogP contribution in [0.25, 0.3) is 22.0 Å². The third kappa shape index (κ3) is 7.30. The number of unbranched alkanes of at least 4 members (excludes halogenated alkanes) is 2. The topological polar surface area (TPSA) is 124 Å². The lowest BCUT2D eigenvalue weighted by Crippen LogP contribution is -2.44. The van der Waals surface area contributed by atoms with E-state index in [9.17, 15) is 9.59 Å². The van der Waals surface area contributed by atoms with Crippen LogP contribution in [0.1, 0.15) is 70.8 Å². The van der Waals surface area contributed by atoms with E-state index >= 15 is 0 Å². The summed E-state index contributed by atoms with van der Waals surface area (Å²) in [5.74, 6) is -0.835. The lowest BCUT2D eigenvalue weighted by atomic mass is 9.97. The largest absolute Gasteiger partial charge is 0.481 e. The average molecular weight is 546 g/mol. The molecule has 2 aromatic carbocycles. The van der Waals surface area contributed by atoms with Gasteiger partial charge in [0.1, 0.15) is 5.84 Å². The zero-order valence-corrected chi connectivity index (χ0v) is 23.8. The molecule has 0 amide bonds. The Morgan fingerprint density at radius 3 is 2.50 bits per heavy atom. The molecular formula is C32H43N5O3. The summed E-state index contributed by atoms with van der Waals surface area (Å²) in [6.45, 7) is 6.93. The summed E-state index contributed by atoms with van der Waals surface area (Å²) in [7, 11) is 0. The summed E-state index contributed by atoms with van der Waals surface area (Å²) >= 11 is 0. The van der Waals surface area contributed by atoms with Gasteiger partial charge in [0.15, 0.2) is 0 Å². The molecule has 0 unspecified atom stereocenters. The predicted octanol–water partition coefficient (Wildman–Crippen LogP) is 5.66. The number of likely N-dealkylation sites (tertiary alicyclic amines) is 1. The SMILES string of the molecule is C[C@@H]1CCC[C@H](C)N1CCCCCn1c(=O)c(-c2cccc(C(=N)N)c2)cc2ccc(NCCCC(=O)O)cc21. The van der Waals surface area contributed by atoms with Crippen molar-refractivity contribution in [2.24, 2.45) is 5.73 Å². The monoisotopic (exact) mass is 545 g/mol. The van der Waals surface area contributed by atoms with Gasteiger partial charge in [-0.05, 0) is 87.7 Å². The Morgan fingerprint density at radius 1 is 1.02 bits per heavy atom. The van der Waals surface area contributed by atoms with Gasteiger partial charge in [-0.3, -0.25) is 19.9 Å². The number of aryl methyl sites for hydroxylation is 1. The molecule has 1 saturated heterocycles. The third-order valence-corrected chi connectivity index (χ3v) is 8.15. The molecule has 214 valence electrons. The summed E-state index contributed by atoms with van der Waals surface area (Å²) in [6, 6.07) is 16.4. The number of benzene rings is 2. The van der Waals surface area contributed by atoms with Crippen LogP contribution in [0, 0.1) is 5.41 Å². The molecule has 1 aliphatic heterocycles. The summed E-state index contributed by atoms with van der Waals surface area (Å²) in [4.78, 5) is 27.4. The van der Waals surface area contributed by atoms with E-state index in [0.29, 0.717) is 42.7 Å². The number of piperidine rings is 1. The van der Waals surface area contributed by atoms with Gasteiger partial charge in [0.05, 0.1) is 5.52 Å². The first-order chi connectivity index (χ1) is 19.2. The van der Waals surface area contributed by atoms with Crippen LogP contribution in [0.5, 0.6) is 0 Å². The summed E-state index contributed by atoms with van der Waals surface area (Å²) < 4.78 is 1.87. The predicted molar refractivity (Wildman–Crippen MR) is 163 cm³/mol. The summed E-state index contributed by atoms with van der Waals surface area (Å²) in [5, 5.41) is 21.0. The fourth-order valence-corrected chi connectivity index (χ4v) is 5.89. The number of nitrogens with zero attached hydrogens (tertiary/aromatic N) is 2. The number of amidine groups is 1. The van der Waals surface area contributed by atoms with E-state index in [4.69, 9.17) is 16.2 Å². The second-order valence-corrected chi connectivity index (χ2v) is 11.1. The molecule has 0 radical (unpaired) electrons. The molecule has 5 N–H and O–H groups in total. The average Bonchev–Trinajstić information content (AvgIpc) is 2.93. The Balaban J connectivity index is 1.57. The number of rotatable bonds is 13. The number of carboxylic acids is 1. The third-order valence-electron chi connectivity index (χ3n) is 8.15. The number of carbonyl (C=O) groups is 1. The highest BCUT2D eigenvalue weighted by Gasteiger charge is 2.23. The molecule has 1 aromatic heterocycles. The number of nitrogens with one attached hydrogen (secondary N) is 2. The smallest absolute Gasteiger partial charge is 0.303 e. The standard InChI is InChI=1S/C32H43N5O3/c1-22-9-6-10-23(2)36(22)17-4-3-5-18-37-29-21-27(35-16-8-13-30(38)39)15-14-25(29)20-28(32(37)40)24-11-7-12-26(19-24)31(33)34/h7,11-12,14-15,19-23,35H,3-6,8-10,13,16-18H2,1-2H3,(H3,33,34)(H,38,39)/t22-,23+. The first-order valence-corrected chi connectivity index (χ1v) is 14.6. The number of anilines is 1. The molecule has 0 aliphatic carbocycles. The molecule has 1 fully saturated rings. The number of fused-ring (bicyclic) bond motifs is 1. The maximum absolute atomic E-state index is 13.9. The highest BCUT2D eigenvalue weighted by molar-refractivity contribution is 5.96. The van der Waals surface area contributed by atoms with Crippen LogP contribution < -0.4 is 16.6 Å².